The lowest BCUT2D eigenvalue weighted by molar-refractivity contribution is 0.399. The number of aryl methyl sites for hydroxylation is 1. The number of imidazole rings is 1. The molecule has 0 radical (unpaired) electrons. The normalized spacial score (nSPS) is 10.9. The van der Waals surface area contributed by atoms with Gasteiger partial charge in [-0.15, -0.1) is 0 Å². The Morgan fingerprint density at radius 2 is 2.10 bits per heavy atom. The number of hydrogen-bond acceptors (Lipinski definition) is 3. The van der Waals surface area contributed by atoms with Crippen LogP contribution in [-0.4, -0.2) is 21.6 Å². The van der Waals surface area contributed by atoms with Gasteiger partial charge in [0.1, 0.15) is 0 Å². The van der Waals surface area contributed by atoms with Crippen molar-refractivity contribution in [3.63, 3.8) is 0 Å². The van der Waals surface area contributed by atoms with Crippen LogP contribution in [0.3, 0.4) is 0 Å². The van der Waals surface area contributed by atoms with E-state index >= 15 is 0 Å². The number of nitrogens with one attached hydrogen (secondary N) is 1. The zero-order chi connectivity index (χ0) is 14.3. The maximum Gasteiger partial charge on any atom is 0.215 e. The van der Waals surface area contributed by atoms with E-state index in [0.29, 0.717) is 10.7 Å². The van der Waals surface area contributed by atoms with Gasteiger partial charge < -0.3 is 9.72 Å². The molecule has 0 aliphatic carbocycles. The van der Waals surface area contributed by atoms with Crippen LogP contribution in [0.5, 0.6) is 5.88 Å². The third kappa shape index (κ3) is 2.05. The molecule has 0 bridgehead atoms. The van der Waals surface area contributed by atoms with Gasteiger partial charge in [0.2, 0.25) is 5.88 Å². The second kappa shape index (κ2) is 5.03. The first-order valence-electron chi connectivity index (χ1n) is 6.03. The van der Waals surface area contributed by atoms with Crippen molar-refractivity contribution in [3.05, 3.63) is 45.1 Å². The first-order chi connectivity index (χ1) is 9.61. The zero-order valence-electron chi connectivity index (χ0n) is 11.0. The SMILES string of the molecule is COc1ccc2[nH]c(=S)n(-c3cccc(C)c3Br)c2n1. The van der Waals surface area contributed by atoms with Crippen LogP contribution in [-0.2, 0) is 0 Å². The van der Waals surface area contributed by atoms with Crippen LogP contribution < -0.4 is 4.74 Å². The first kappa shape index (κ1) is 13.3. The second-order valence-corrected chi connectivity index (χ2v) is 5.58. The maximum atomic E-state index is 5.42. The highest BCUT2D eigenvalue weighted by atomic mass is 79.9. The average molecular weight is 350 g/mol. The number of nitrogens with zero attached hydrogens (tertiary/aromatic N) is 2. The predicted octanol–water partition coefficient (Wildman–Crippen LogP) is 4.16. The van der Waals surface area contributed by atoms with Crippen LogP contribution in [0.4, 0.5) is 0 Å². The molecule has 0 saturated carbocycles. The van der Waals surface area contributed by atoms with Gasteiger partial charge in [0.05, 0.1) is 18.3 Å². The highest BCUT2D eigenvalue weighted by Gasteiger charge is 2.12. The summed E-state index contributed by atoms with van der Waals surface area (Å²) in [6, 6.07) is 9.76. The Balaban J connectivity index is 2.38. The molecule has 0 spiro atoms. The van der Waals surface area contributed by atoms with E-state index in [1.54, 1.807) is 7.11 Å². The topological polar surface area (TPSA) is 42.8 Å². The number of hydrogen-bond donors (Lipinski definition) is 1. The minimum atomic E-state index is 0.559. The number of aromatic nitrogens is 3. The molecule has 20 heavy (non-hydrogen) atoms. The van der Waals surface area contributed by atoms with Gasteiger partial charge >= 0.3 is 0 Å². The number of aromatic amines is 1. The van der Waals surface area contributed by atoms with Crippen LogP contribution >= 0.6 is 28.1 Å². The molecule has 0 aliphatic rings. The summed E-state index contributed by atoms with van der Waals surface area (Å²) < 4.78 is 8.70. The smallest absolute Gasteiger partial charge is 0.215 e. The van der Waals surface area contributed by atoms with Crippen molar-refractivity contribution in [2.24, 2.45) is 0 Å². The highest BCUT2D eigenvalue weighted by molar-refractivity contribution is 9.10. The second-order valence-electron chi connectivity index (χ2n) is 4.40. The van der Waals surface area contributed by atoms with Crippen molar-refractivity contribution in [2.45, 2.75) is 6.92 Å². The lowest BCUT2D eigenvalue weighted by Crippen LogP contribution is -1.98. The molecule has 1 N–H and O–H groups in total. The third-order valence-corrected chi connectivity index (χ3v) is 4.44. The Morgan fingerprint density at radius 1 is 1.30 bits per heavy atom. The molecular formula is C14H12BrN3OS. The molecule has 0 amide bonds. The summed E-state index contributed by atoms with van der Waals surface area (Å²) in [5, 5.41) is 0. The molecule has 1 aromatic carbocycles. The third-order valence-electron chi connectivity index (χ3n) is 3.13. The van der Waals surface area contributed by atoms with Crippen molar-refractivity contribution >= 4 is 39.3 Å². The van der Waals surface area contributed by atoms with Gasteiger partial charge in [0.25, 0.3) is 0 Å². The number of pyridine rings is 1. The van der Waals surface area contributed by atoms with Gasteiger partial charge in [-0.05, 0) is 52.8 Å². The minimum absolute atomic E-state index is 0.559. The fourth-order valence-corrected chi connectivity index (χ4v) is 2.84. The molecule has 0 atom stereocenters. The van der Waals surface area contributed by atoms with Crippen molar-refractivity contribution in [3.8, 4) is 11.6 Å². The first-order valence-corrected chi connectivity index (χ1v) is 7.23. The van der Waals surface area contributed by atoms with Gasteiger partial charge in [-0.1, -0.05) is 12.1 Å². The van der Waals surface area contributed by atoms with Crippen molar-refractivity contribution < 1.29 is 4.74 Å². The van der Waals surface area contributed by atoms with E-state index in [1.807, 2.05) is 41.8 Å². The average Bonchev–Trinajstić information content (AvgIpc) is 2.77. The van der Waals surface area contributed by atoms with Gasteiger partial charge in [-0.25, -0.2) is 0 Å². The molecule has 6 heteroatoms. The number of fused-ring (bicyclic) bond motifs is 1. The van der Waals surface area contributed by atoms with Crippen molar-refractivity contribution in [1.82, 2.24) is 14.5 Å². The summed E-state index contributed by atoms with van der Waals surface area (Å²) in [6.45, 7) is 2.04. The molecule has 0 saturated heterocycles. The van der Waals surface area contributed by atoms with E-state index in [1.165, 1.54) is 0 Å². The predicted molar refractivity (Wildman–Crippen MR) is 85.2 cm³/mol. The molecule has 0 aliphatic heterocycles. The molecular weight excluding hydrogens is 338 g/mol. The quantitative estimate of drug-likeness (QED) is 0.706. The number of ether oxygens (including phenoxy) is 1. The summed E-state index contributed by atoms with van der Waals surface area (Å²) in [5.74, 6) is 0.559. The molecule has 2 heterocycles. The van der Waals surface area contributed by atoms with Crippen LogP contribution in [0, 0.1) is 11.7 Å². The molecule has 102 valence electrons. The Bertz CT molecular complexity index is 853. The van der Waals surface area contributed by atoms with Crippen molar-refractivity contribution in [1.29, 1.82) is 0 Å². The van der Waals surface area contributed by atoms with E-state index < -0.39 is 0 Å². The zero-order valence-corrected chi connectivity index (χ0v) is 13.4. The monoisotopic (exact) mass is 349 g/mol. The Labute approximate surface area is 129 Å². The number of H-pyrrole nitrogens is 1. The highest BCUT2D eigenvalue weighted by Crippen LogP contribution is 2.28. The molecule has 3 aromatic rings. The molecule has 4 nitrogen and oxygen atoms in total. The fraction of sp³-hybridized carbons (Fsp3) is 0.143. The summed E-state index contributed by atoms with van der Waals surface area (Å²) >= 11 is 9.04. The maximum absolute atomic E-state index is 5.42. The summed E-state index contributed by atoms with van der Waals surface area (Å²) in [6.07, 6.45) is 0. The number of halogens is 1. The van der Waals surface area contributed by atoms with Crippen LogP contribution in [0.1, 0.15) is 5.56 Å². The minimum Gasteiger partial charge on any atom is -0.481 e. The largest absolute Gasteiger partial charge is 0.481 e. The van der Waals surface area contributed by atoms with E-state index in [-0.39, 0.29) is 0 Å². The number of methoxy groups -OCH3 is 1. The molecule has 0 fully saturated rings. The molecule has 0 unspecified atom stereocenters. The van der Waals surface area contributed by atoms with Crippen LogP contribution in [0.15, 0.2) is 34.8 Å². The van der Waals surface area contributed by atoms with Gasteiger partial charge in [-0.3, -0.25) is 4.57 Å². The Kier molecular flexibility index (Phi) is 3.35. The summed E-state index contributed by atoms with van der Waals surface area (Å²) in [5.41, 5.74) is 3.73. The molecule has 2 aromatic heterocycles. The molecule has 3 rings (SSSR count). The Hall–Kier alpha value is -1.66. The van der Waals surface area contributed by atoms with Gasteiger partial charge in [0.15, 0.2) is 10.4 Å². The van der Waals surface area contributed by atoms with Crippen LogP contribution in [0.25, 0.3) is 16.9 Å². The number of benzene rings is 1. The van der Waals surface area contributed by atoms with Crippen molar-refractivity contribution in [2.75, 3.05) is 7.11 Å². The van der Waals surface area contributed by atoms with E-state index in [4.69, 9.17) is 17.0 Å². The lowest BCUT2D eigenvalue weighted by atomic mass is 10.2. The van der Waals surface area contributed by atoms with Gasteiger partial charge in [0, 0.05) is 10.5 Å². The van der Waals surface area contributed by atoms with Crippen LogP contribution in [0.2, 0.25) is 0 Å². The van der Waals surface area contributed by atoms with E-state index in [9.17, 15) is 0 Å². The standard InChI is InChI=1S/C14H12BrN3OS/c1-8-4-3-5-10(12(8)15)18-13-9(16-14(18)20)6-7-11(17-13)19-2/h3-7H,1-2H3,(H,16,20). The summed E-state index contributed by atoms with van der Waals surface area (Å²) in [4.78, 5) is 7.65. The lowest BCUT2D eigenvalue weighted by Gasteiger charge is -2.09. The van der Waals surface area contributed by atoms with Gasteiger partial charge in [-0.2, -0.15) is 4.98 Å². The Morgan fingerprint density at radius 3 is 2.85 bits per heavy atom. The number of rotatable bonds is 2. The summed E-state index contributed by atoms with van der Waals surface area (Å²) in [7, 11) is 1.60. The van der Waals surface area contributed by atoms with E-state index in [2.05, 4.69) is 25.9 Å². The van der Waals surface area contributed by atoms with E-state index in [0.717, 1.165) is 26.9 Å². The fourth-order valence-electron chi connectivity index (χ4n) is 2.11.